The molecule has 0 N–H and O–H groups in total. The number of nitrogens with zero attached hydrogens (tertiary/aromatic N) is 2. The van der Waals surface area contributed by atoms with Gasteiger partial charge in [0.05, 0.1) is 0 Å². The Morgan fingerprint density at radius 3 is 3.00 bits per heavy atom. The van der Waals surface area contributed by atoms with Crippen LogP contribution in [-0.4, -0.2) is 9.97 Å². The van der Waals surface area contributed by atoms with Gasteiger partial charge in [0.25, 0.3) is 0 Å². The number of halogens is 2. The van der Waals surface area contributed by atoms with Gasteiger partial charge < -0.3 is 0 Å². The van der Waals surface area contributed by atoms with Crippen LogP contribution < -0.4 is 0 Å². The largest absolute Gasteiger partial charge is 0.229 e. The van der Waals surface area contributed by atoms with Crippen LogP contribution in [0.5, 0.6) is 0 Å². The number of aryl methyl sites for hydroxylation is 1. The second-order valence-corrected chi connectivity index (χ2v) is 9.13. The summed E-state index contributed by atoms with van der Waals surface area (Å²) >= 11 is 15.8. The van der Waals surface area contributed by atoms with E-state index in [1.807, 2.05) is 23.5 Å². The molecule has 0 saturated carbocycles. The maximum absolute atomic E-state index is 6.30. The van der Waals surface area contributed by atoms with E-state index in [2.05, 4.69) is 16.9 Å². The summed E-state index contributed by atoms with van der Waals surface area (Å²) in [6.45, 7) is 2.33. The van der Waals surface area contributed by atoms with Crippen molar-refractivity contribution in [3.8, 4) is 0 Å². The fraction of sp³-hybridized carbons (Fsp3) is 0.333. The molecule has 1 unspecified atom stereocenters. The molecule has 1 atom stereocenters. The fourth-order valence-corrected chi connectivity index (χ4v) is 6.14. The fourth-order valence-electron chi connectivity index (χ4n) is 3.14. The molecule has 2 heterocycles. The van der Waals surface area contributed by atoms with E-state index in [-0.39, 0.29) is 0 Å². The number of hydrogen-bond acceptors (Lipinski definition) is 4. The van der Waals surface area contributed by atoms with Gasteiger partial charge in [-0.3, -0.25) is 0 Å². The minimum absolute atomic E-state index is 0.666. The summed E-state index contributed by atoms with van der Waals surface area (Å²) in [4.78, 5) is 11.7. The number of fused-ring (bicyclic) bond motifs is 3. The normalized spacial score (nSPS) is 17.2. The molecular formula is C18H16Cl2N2S2. The van der Waals surface area contributed by atoms with Gasteiger partial charge in [0.2, 0.25) is 0 Å². The molecule has 1 aliphatic rings. The molecule has 0 saturated heterocycles. The Bertz CT molecular complexity index is 907. The van der Waals surface area contributed by atoms with E-state index in [9.17, 15) is 0 Å². The molecule has 0 amide bonds. The second-order valence-electron chi connectivity index (χ2n) is 6.24. The summed E-state index contributed by atoms with van der Waals surface area (Å²) in [6.07, 6.45) is 5.24. The van der Waals surface area contributed by atoms with Gasteiger partial charge in [0, 0.05) is 26.1 Å². The van der Waals surface area contributed by atoms with Crippen molar-refractivity contribution in [3.63, 3.8) is 0 Å². The monoisotopic (exact) mass is 394 g/mol. The first-order valence-corrected chi connectivity index (χ1v) is 10.5. The second kappa shape index (κ2) is 6.83. The smallest absolute Gasteiger partial charge is 0.128 e. The van der Waals surface area contributed by atoms with Crippen molar-refractivity contribution in [1.29, 1.82) is 0 Å². The van der Waals surface area contributed by atoms with Crippen LogP contribution in [0.3, 0.4) is 0 Å². The van der Waals surface area contributed by atoms with E-state index < -0.39 is 0 Å². The minimum atomic E-state index is 0.666. The molecule has 2 nitrogen and oxygen atoms in total. The average molecular weight is 395 g/mol. The van der Waals surface area contributed by atoms with Crippen molar-refractivity contribution >= 4 is 56.5 Å². The van der Waals surface area contributed by atoms with Crippen LogP contribution in [0.2, 0.25) is 10.0 Å². The topological polar surface area (TPSA) is 25.8 Å². The third kappa shape index (κ3) is 3.17. The lowest BCUT2D eigenvalue weighted by Crippen LogP contribution is -2.08. The first-order valence-electron chi connectivity index (χ1n) is 7.94. The summed E-state index contributed by atoms with van der Waals surface area (Å²) < 4.78 is 0. The number of hydrogen-bond donors (Lipinski definition) is 0. The predicted molar refractivity (Wildman–Crippen MR) is 105 cm³/mol. The van der Waals surface area contributed by atoms with E-state index >= 15 is 0 Å². The Balaban J connectivity index is 1.67. The van der Waals surface area contributed by atoms with Gasteiger partial charge in [-0.15, -0.1) is 23.1 Å². The summed E-state index contributed by atoms with van der Waals surface area (Å²) in [6, 6.07) is 5.66. The highest BCUT2D eigenvalue weighted by atomic mass is 35.5. The van der Waals surface area contributed by atoms with Gasteiger partial charge in [-0.2, -0.15) is 0 Å². The van der Waals surface area contributed by atoms with Gasteiger partial charge in [-0.25, -0.2) is 9.97 Å². The lowest BCUT2D eigenvalue weighted by atomic mass is 9.89. The SMILES string of the molecule is CC1CCc2c(sc3ncnc(SCc4ccc(Cl)cc4Cl)c23)C1. The van der Waals surface area contributed by atoms with E-state index in [1.165, 1.54) is 28.7 Å². The maximum Gasteiger partial charge on any atom is 0.128 e. The molecule has 0 spiro atoms. The van der Waals surface area contributed by atoms with Crippen LogP contribution in [0.4, 0.5) is 0 Å². The Morgan fingerprint density at radius 1 is 1.29 bits per heavy atom. The third-order valence-corrected chi connectivity index (χ3v) is 7.22. The number of thiophene rings is 1. The van der Waals surface area contributed by atoms with Crippen molar-refractivity contribution in [2.45, 2.75) is 37.0 Å². The molecule has 3 aromatic rings. The van der Waals surface area contributed by atoms with E-state index in [0.717, 1.165) is 33.5 Å². The minimum Gasteiger partial charge on any atom is -0.229 e. The molecule has 0 radical (unpaired) electrons. The standard InChI is InChI=1S/C18H16Cl2N2S2/c1-10-2-5-13-15(6-10)24-18-16(13)17(21-9-22-18)23-8-11-3-4-12(19)7-14(11)20/h3-4,7,9-10H,2,5-6,8H2,1H3. The summed E-state index contributed by atoms with van der Waals surface area (Å²) in [7, 11) is 0. The van der Waals surface area contributed by atoms with Crippen LogP contribution >= 0.6 is 46.3 Å². The van der Waals surface area contributed by atoms with Gasteiger partial charge in [-0.1, -0.05) is 36.2 Å². The average Bonchev–Trinajstić information content (AvgIpc) is 2.92. The Hall–Kier alpha value is -0.810. The quantitative estimate of drug-likeness (QED) is 0.378. The van der Waals surface area contributed by atoms with Gasteiger partial charge in [0.15, 0.2) is 0 Å². The van der Waals surface area contributed by atoms with Crippen molar-refractivity contribution in [3.05, 3.63) is 50.6 Å². The zero-order chi connectivity index (χ0) is 16.7. The van der Waals surface area contributed by atoms with Crippen LogP contribution in [0.15, 0.2) is 29.6 Å². The maximum atomic E-state index is 6.30. The number of thioether (sulfide) groups is 1. The molecule has 0 aliphatic heterocycles. The molecule has 6 heteroatoms. The zero-order valence-electron chi connectivity index (χ0n) is 13.2. The lowest BCUT2D eigenvalue weighted by Gasteiger charge is -2.18. The predicted octanol–water partition coefficient (Wildman–Crippen LogP) is 6.42. The molecule has 124 valence electrons. The van der Waals surface area contributed by atoms with Crippen LogP contribution in [0.25, 0.3) is 10.2 Å². The van der Waals surface area contributed by atoms with Gasteiger partial charge in [0.1, 0.15) is 16.2 Å². The number of aromatic nitrogens is 2. The number of rotatable bonds is 3. The van der Waals surface area contributed by atoms with Crippen LogP contribution in [0, 0.1) is 5.92 Å². The molecule has 2 aromatic heterocycles. The Kier molecular flexibility index (Phi) is 4.74. The van der Waals surface area contributed by atoms with E-state index in [0.29, 0.717) is 10.0 Å². The van der Waals surface area contributed by atoms with E-state index in [1.54, 1.807) is 24.2 Å². The van der Waals surface area contributed by atoms with E-state index in [4.69, 9.17) is 23.2 Å². The first kappa shape index (κ1) is 16.6. The Labute approximate surface area is 159 Å². The molecule has 0 bridgehead atoms. The highest BCUT2D eigenvalue weighted by molar-refractivity contribution is 7.98. The van der Waals surface area contributed by atoms with Crippen molar-refractivity contribution < 1.29 is 0 Å². The highest BCUT2D eigenvalue weighted by Gasteiger charge is 2.23. The molecule has 4 rings (SSSR count). The summed E-state index contributed by atoms with van der Waals surface area (Å²) in [5.74, 6) is 1.55. The van der Waals surface area contributed by atoms with Gasteiger partial charge >= 0.3 is 0 Å². The molecule has 1 aromatic carbocycles. The van der Waals surface area contributed by atoms with Crippen LogP contribution in [0.1, 0.15) is 29.3 Å². The molecule has 1 aliphatic carbocycles. The Morgan fingerprint density at radius 2 is 2.17 bits per heavy atom. The molecule has 24 heavy (non-hydrogen) atoms. The third-order valence-electron chi connectivity index (χ3n) is 4.44. The zero-order valence-corrected chi connectivity index (χ0v) is 16.3. The lowest BCUT2D eigenvalue weighted by molar-refractivity contribution is 0.509. The number of benzene rings is 1. The van der Waals surface area contributed by atoms with Crippen molar-refractivity contribution in [2.75, 3.05) is 0 Å². The first-order chi connectivity index (χ1) is 11.6. The summed E-state index contributed by atoms with van der Waals surface area (Å²) in [5.41, 5.74) is 2.55. The van der Waals surface area contributed by atoms with Crippen molar-refractivity contribution in [2.24, 2.45) is 5.92 Å². The molecular weight excluding hydrogens is 379 g/mol. The van der Waals surface area contributed by atoms with Crippen molar-refractivity contribution in [1.82, 2.24) is 9.97 Å². The summed E-state index contributed by atoms with van der Waals surface area (Å²) in [5, 5.41) is 3.71. The molecule has 0 fully saturated rings. The van der Waals surface area contributed by atoms with Crippen LogP contribution in [-0.2, 0) is 18.6 Å². The van der Waals surface area contributed by atoms with Gasteiger partial charge in [-0.05, 0) is 48.4 Å². The highest BCUT2D eigenvalue weighted by Crippen LogP contribution is 2.41.